The molecule has 0 saturated carbocycles. The van der Waals surface area contributed by atoms with E-state index in [1.165, 1.54) is 29.7 Å². The minimum atomic E-state index is -0.00914. The molecule has 2 aliphatic rings. The molecule has 0 saturated heterocycles. The summed E-state index contributed by atoms with van der Waals surface area (Å²) < 4.78 is 11.2. The molecule has 2 aliphatic heterocycles. The molecule has 0 spiro atoms. The fraction of sp³-hybridized carbons (Fsp3) is 0.178. The third-order valence-corrected chi connectivity index (χ3v) is 10.4. The quantitative estimate of drug-likeness (QED) is 0.161. The minimum Gasteiger partial charge on any atom is -0.509 e. The van der Waals surface area contributed by atoms with Gasteiger partial charge in [-0.2, -0.15) is 12.1 Å². The van der Waals surface area contributed by atoms with Crippen LogP contribution in [0, 0.1) is 18.8 Å². The standard InChI is InChI=1S/C45H37N6O.Pt/c1-45(2,3)30-21-22-46-44(24-30)51-38-17-8-7-16-35(38)36-20-19-34(26-39(36)51)52-33-15-11-14-32(25-33)50-29-49(31-12-5-4-6-13-31)42-28-40-37(27-41(42)50)47-43-18-9-10-23-48(40)43;/h4-8,11-17,19-22,24,27-29H,9-10,18,23H2,1-3H3;/q-3;. The molecule has 0 aliphatic carbocycles. The number of para-hydroxylation sites is 2. The van der Waals surface area contributed by atoms with E-state index < -0.39 is 0 Å². The molecule has 0 bridgehead atoms. The van der Waals surface area contributed by atoms with Crippen molar-refractivity contribution >= 4 is 55.6 Å². The number of nitrogens with zero attached hydrogens (tertiary/aromatic N) is 6. The normalized spacial score (nSPS) is 14.1. The number of imidazole rings is 1. The molecule has 0 N–H and O–H groups in total. The van der Waals surface area contributed by atoms with Crippen LogP contribution in [0.5, 0.6) is 11.5 Å². The summed E-state index contributed by atoms with van der Waals surface area (Å²) in [5, 5.41) is 2.25. The summed E-state index contributed by atoms with van der Waals surface area (Å²) in [4.78, 5) is 14.3. The maximum Gasteiger partial charge on any atom is 0.135 e. The number of aryl methyl sites for hydroxylation is 2. The van der Waals surface area contributed by atoms with Crippen molar-refractivity contribution in [3.63, 3.8) is 0 Å². The van der Waals surface area contributed by atoms with Crippen LogP contribution in [0.4, 0.5) is 22.7 Å². The molecule has 8 aromatic rings. The third kappa shape index (κ3) is 5.70. The Morgan fingerprint density at radius 2 is 1.55 bits per heavy atom. The van der Waals surface area contributed by atoms with Crippen molar-refractivity contribution in [3.05, 3.63) is 146 Å². The Labute approximate surface area is 323 Å². The number of hydrogen-bond donors (Lipinski definition) is 0. The Balaban J connectivity index is 0.00000372. The van der Waals surface area contributed by atoms with Gasteiger partial charge in [-0.25, -0.2) is 9.97 Å². The first-order chi connectivity index (χ1) is 25.4. The van der Waals surface area contributed by atoms with E-state index in [1.807, 2.05) is 24.4 Å². The molecule has 0 fully saturated rings. The largest absolute Gasteiger partial charge is 0.509 e. The average molecular weight is 873 g/mol. The van der Waals surface area contributed by atoms with Gasteiger partial charge in [-0.05, 0) is 71.7 Å². The average Bonchev–Trinajstić information content (AvgIpc) is 3.83. The van der Waals surface area contributed by atoms with E-state index >= 15 is 0 Å². The fourth-order valence-electron chi connectivity index (χ4n) is 7.74. The van der Waals surface area contributed by atoms with Crippen molar-refractivity contribution in [2.75, 3.05) is 9.80 Å². The van der Waals surface area contributed by atoms with Crippen LogP contribution in [-0.4, -0.2) is 19.1 Å². The number of fused-ring (bicyclic) bond motifs is 7. The van der Waals surface area contributed by atoms with E-state index in [-0.39, 0.29) is 26.5 Å². The topological polar surface area (TPSA) is 51.4 Å². The zero-order valence-corrected chi connectivity index (χ0v) is 32.1. The molecule has 10 rings (SSSR count). The van der Waals surface area contributed by atoms with Crippen LogP contribution in [0.3, 0.4) is 0 Å². The fourth-order valence-corrected chi connectivity index (χ4v) is 7.74. The van der Waals surface area contributed by atoms with Crippen LogP contribution >= 0.6 is 0 Å². The second kappa shape index (κ2) is 12.9. The first-order valence-electron chi connectivity index (χ1n) is 18.0. The summed E-state index contributed by atoms with van der Waals surface area (Å²) in [5.74, 6) is 3.26. The van der Waals surface area contributed by atoms with Gasteiger partial charge in [0.05, 0.1) is 11.0 Å². The van der Waals surface area contributed by atoms with Crippen molar-refractivity contribution in [1.29, 1.82) is 0 Å². The summed E-state index contributed by atoms with van der Waals surface area (Å²) in [5.41, 5.74) is 9.57. The molecule has 0 unspecified atom stereocenters. The van der Waals surface area contributed by atoms with Gasteiger partial charge in [-0.1, -0.05) is 62.7 Å². The summed E-state index contributed by atoms with van der Waals surface area (Å²) >= 11 is 0. The first kappa shape index (κ1) is 33.4. The molecule has 0 radical (unpaired) electrons. The number of aromatic nitrogens is 4. The van der Waals surface area contributed by atoms with Gasteiger partial charge >= 0.3 is 0 Å². The number of ether oxygens (including phenoxy) is 1. The van der Waals surface area contributed by atoms with Gasteiger partial charge in [0.25, 0.3) is 0 Å². The Morgan fingerprint density at radius 1 is 0.736 bits per heavy atom. The smallest absolute Gasteiger partial charge is 0.135 e. The van der Waals surface area contributed by atoms with Gasteiger partial charge in [-0.15, -0.1) is 48.1 Å². The Bertz CT molecular complexity index is 2650. The monoisotopic (exact) mass is 872 g/mol. The first-order valence-corrected chi connectivity index (χ1v) is 18.0. The molecule has 5 aromatic carbocycles. The number of benzene rings is 5. The summed E-state index contributed by atoms with van der Waals surface area (Å²) in [6, 6.07) is 45.1. The van der Waals surface area contributed by atoms with Gasteiger partial charge in [-0.3, -0.25) is 0 Å². The van der Waals surface area contributed by atoms with Crippen molar-refractivity contribution in [3.8, 4) is 17.3 Å². The molecular weight excluding hydrogens is 836 g/mol. The Hall–Kier alpha value is -5.39. The summed E-state index contributed by atoms with van der Waals surface area (Å²) in [7, 11) is 0. The third-order valence-electron chi connectivity index (χ3n) is 10.4. The van der Waals surface area contributed by atoms with Crippen LogP contribution in [-0.2, 0) is 39.4 Å². The van der Waals surface area contributed by atoms with Crippen LogP contribution < -0.4 is 14.5 Å². The van der Waals surface area contributed by atoms with Crippen molar-refractivity contribution in [2.45, 2.75) is 52.0 Å². The van der Waals surface area contributed by atoms with Gasteiger partial charge in [0.15, 0.2) is 0 Å². The van der Waals surface area contributed by atoms with E-state index in [0.29, 0.717) is 11.5 Å². The number of pyridine rings is 1. The molecular formula is C45H37N6OPt-3. The van der Waals surface area contributed by atoms with Crippen molar-refractivity contribution in [2.24, 2.45) is 0 Å². The number of anilines is 4. The van der Waals surface area contributed by atoms with E-state index in [1.54, 1.807) is 0 Å². The van der Waals surface area contributed by atoms with Crippen LogP contribution in [0.1, 0.15) is 45.0 Å². The second-order valence-electron chi connectivity index (χ2n) is 14.7. The van der Waals surface area contributed by atoms with Crippen LogP contribution in [0.2, 0.25) is 0 Å². The number of hydrogen-bond acceptors (Lipinski definition) is 5. The predicted octanol–water partition coefficient (Wildman–Crippen LogP) is 11.0. The second-order valence-corrected chi connectivity index (χ2v) is 14.7. The number of rotatable bonds is 5. The van der Waals surface area contributed by atoms with Crippen molar-refractivity contribution in [1.82, 2.24) is 19.1 Å². The van der Waals surface area contributed by atoms with Crippen molar-refractivity contribution < 1.29 is 25.8 Å². The maximum atomic E-state index is 6.56. The van der Waals surface area contributed by atoms with Gasteiger partial charge in [0.1, 0.15) is 11.6 Å². The molecule has 8 heteroatoms. The van der Waals surface area contributed by atoms with Crippen LogP contribution in [0.25, 0.3) is 38.7 Å². The maximum absolute atomic E-state index is 6.56. The van der Waals surface area contributed by atoms with Gasteiger partial charge in [0, 0.05) is 74.3 Å². The SMILES string of the molecule is CC(C)(C)c1ccnc(-n2c3[c-]c(Oc4[c-]c(N5[CH-]N(c6ccccc6)c6cc7c(cc65)nc5n7CCCC5)ccc4)ccc3c3ccccc32)c1.[Pt]. The summed E-state index contributed by atoms with van der Waals surface area (Å²) in [6.45, 7) is 9.83. The Kier molecular flexibility index (Phi) is 8.16. The molecule has 3 aromatic heterocycles. The van der Waals surface area contributed by atoms with Crippen LogP contribution in [0.15, 0.2) is 115 Å². The van der Waals surface area contributed by atoms with Gasteiger partial charge < -0.3 is 23.7 Å². The molecule has 53 heavy (non-hydrogen) atoms. The van der Waals surface area contributed by atoms with E-state index in [2.05, 4.69) is 150 Å². The zero-order valence-electron chi connectivity index (χ0n) is 29.8. The molecule has 266 valence electrons. The Morgan fingerprint density at radius 3 is 2.42 bits per heavy atom. The van der Waals surface area contributed by atoms with E-state index in [4.69, 9.17) is 14.7 Å². The molecule has 0 atom stereocenters. The van der Waals surface area contributed by atoms with Gasteiger partial charge in [0.2, 0.25) is 0 Å². The van der Waals surface area contributed by atoms with E-state index in [9.17, 15) is 0 Å². The van der Waals surface area contributed by atoms with E-state index in [0.717, 1.165) is 68.9 Å². The molecule has 0 amide bonds. The summed E-state index contributed by atoms with van der Waals surface area (Å²) in [6.07, 6.45) is 5.30. The minimum absolute atomic E-state index is 0. The predicted molar refractivity (Wildman–Crippen MR) is 209 cm³/mol. The molecule has 7 nitrogen and oxygen atoms in total. The zero-order chi connectivity index (χ0) is 35.0. The molecule has 5 heterocycles.